The Morgan fingerprint density at radius 2 is 1.79 bits per heavy atom. The van der Waals surface area contributed by atoms with E-state index in [9.17, 15) is 14.7 Å². The number of Topliss-reactive ketones (excluding diaryl/α,β-unsaturated/α-hetero) is 1. The number of benzene rings is 2. The minimum absolute atomic E-state index is 0.127. The van der Waals surface area contributed by atoms with Crippen LogP contribution in [0.1, 0.15) is 61.4 Å². The molecule has 6 nitrogen and oxygen atoms in total. The summed E-state index contributed by atoms with van der Waals surface area (Å²) >= 11 is 0. The van der Waals surface area contributed by atoms with Gasteiger partial charge in [-0.2, -0.15) is 0 Å². The number of aliphatic hydroxyl groups excluding tert-OH is 1. The number of likely N-dealkylation sites (tertiary alicyclic amines) is 1. The molecular weight excluding hydrogens is 428 g/mol. The standard InChI is InChI=1S/C28H36N2O4/c1-7-16-34-23-13-12-22(17-19(23)4)26(31)24-25(21-10-8-20(9-11-21)18(2)3)30(15-14-29(5)6)28(33)27(24)32/h8-13,17-18,25,31H,7,14-16H2,1-6H3. The highest BCUT2D eigenvalue weighted by molar-refractivity contribution is 6.46. The minimum atomic E-state index is -0.654. The normalized spacial score (nSPS) is 17.8. The fourth-order valence-electron chi connectivity index (χ4n) is 4.15. The zero-order valence-corrected chi connectivity index (χ0v) is 21.1. The van der Waals surface area contributed by atoms with Gasteiger partial charge in [0.05, 0.1) is 18.2 Å². The number of hydrogen-bond donors (Lipinski definition) is 1. The lowest BCUT2D eigenvalue weighted by molar-refractivity contribution is -0.140. The number of ether oxygens (including phenoxy) is 1. The van der Waals surface area contributed by atoms with Gasteiger partial charge >= 0.3 is 0 Å². The van der Waals surface area contributed by atoms with Crippen LogP contribution < -0.4 is 4.74 Å². The number of hydrogen-bond acceptors (Lipinski definition) is 5. The van der Waals surface area contributed by atoms with E-state index in [1.807, 2.05) is 57.1 Å². The van der Waals surface area contributed by atoms with Gasteiger partial charge in [-0.3, -0.25) is 9.59 Å². The Hall–Kier alpha value is -3.12. The van der Waals surface area contributed by atoms with Crippen LogP contribution in [0.25, 0.3) is 5.76 Å². The fourth-order valence-corrected chi connectivity index (χ4v) is 4.15. The molecule has 0 aromatic heterocycles. The summed E-state index contributed by atoms with van der Waals surface area (Å²) in [6.07, 6.45) is 0.896. The molecule has 1 saturated heterocycles. The molecular formula is C28H36N2O4. The molecule has 1 fully saturated rings. The van der Waals surface area contributed by atoms with Crippen LogP contribution in [0.4, 0.5) is 0 Å². The van der Waals surface area contributed by atoms with Crippen molar-refractivity contribution in [2.45, 2.75) is 46.1 Å². The number of carbonyl (C=O) groups is 2. The number of aryl methyl sites for hydroxylation is 1. The molecule has 1 amide bonds. The number of carbonyl (C=O) groups excluding carboxylic acids is 2. The third-order valence-electron chi connectivity index (χ3n) is 6.16. The Labute approximate surface area is 202 Å². The molecule has 1 N–H and O–H groups in total. The fraction of sp³-hybridized carbons (Fsp3) is 0.429. The maximum atomic E-state index is 13.2. The Morgan fingerprint density at radius 3 is 2.35 bits per heavy atom. The maximum absolute atomic E-state index is 13.2. The van der Waals surface area contributed by atoms with Crippen LogP contribution in [-0.4, -0.2) is 60.4 Å². The van der Waals surface area contributed by atoms with Crippen LogP contribution in [0.5, 0.6) is 5.75 Å². The average Bonchev–Trinajstić information content (AvgIpc) is 3.06. The monoisotopic (exact) mass is 464 g/mol. The van der Waals surface area contributed by atoms with E-state index in [2.05, 4.69) is 13.8 Å². The summed E-state index contributed by atoms with van der Waals surface area (Å²) in [5.41, 5.74) is 3.46. The molecule has 1 heterocycles. The Bertz CT molecular complexity index is 1070. The molecule has 0 saturated carbocycles. The number of nitrogens with zero attached hydrogens (tertiary/aromatic N) is 2. The lowest BCUT2D eigenvalue weighted by atomic mass is 9.93. The van der Waals surface area contributed by atoms with Crippen molar-refractivity contribution in [3.63, 3.8) is 0 Å². The highest BCUT2D eigenvalue weighted by Gasteiger charge is 2.45. The molecule has 2 aromatic carbocycles. The number of likely N-dealkylation sites (N-methyl/N-ethyl adjacent to an activating group) is 1. The van der Waals surface area contributed by atoms with E-state index in [-0.39, 0.29) is 11.3 Å². The first kappa shape index (κ1) is 25.5. The zero-order chi connectivity index (χ0) is 25.0. The van der Waals surface area contributed by atoms with Crippen molar-refractivity contribution in [1.29, 1.82) is 0 Å². The molecule has 182 valence electrons. The van der Waals surface area contributed by atoms with Gasteiger partial charge in [-0.15, -0.1) is 0 Å². The first-order valence-corrected chi connectivity index (χ1v) is 11.9. The molecule has 0 aliphatic carbocycles. The molecule has 34 heavy (non-hydrogen) atoms. The number of aliphatic hydroxyl groups is 1. The summed E-state index contributed by atoms with van der Waals surface area (Å²) in [6.45, 7) is 9.78. The second-order valence-corrected chi connectivity index (χ2v) is 9.45. The van der Waals surface area contributed by atoms with E-state index >= 15 is 0 Å². The molecule has 1 aliphatic rings. The van der Waals surface area contributed by atoms with E-state index < -0.39 is 17.7 Å². The SMILES string of the molecule is CCCOc1ccc(C(O)=C2C(=O)C(=O)N(CCN(C)C)C2c2ccc(C(C)C)cc2)cc1C. The van der Waals surface area contributed by atoms with Crippen molar-refractivity contribution in [3.05, 3.63) is 70.3 Å². The Balaban J connectivity index is 2.09. The third kappa shape index (κ3) is 5.33. The maximum Gasteiger partial charge on any atom is 0.295 e. The summed E-state index contributed by atoms with van der Waals surface area (Å²) in [4.78, 5) is 29.8. The number of amides is 1. The molecule has 6 heteroatoms. The van der Waals surface area contributed by atoms with Crippen molar-refractivity contribution < 1.29 is 19.4 Å². The lowest BCUT2D eigenvalue weighted by Crippen LogP contribution is -2.35. The summed E-state index contributed by atoms with van der Waals surface area (Å²) in [6, 6.07) is 12.6. The van der Waals surface area contributed by atoms with Gasteiger partial charge in [0.1, 0.15) is 11.5 Å². The first-order valence-electron chi connectivity index (χ1n) is 11.9. The highest BCUT2D eigenvalue weighted by atomic mass is 16.5. The summed E-state index contributed by atoms with van der Waals surface area (Å²) in [7, 11) is 3.85. The Kier molecular flexibility index (Phi) is 8.15. The van der Waals surface area contributed by atoms with Crippen LogP contribution >= 0.6 is 0 Å². The van der Waals surface area contributed by atoms with Gasteiger partial charge in [0.2, 0.25) is 0 Å². The van der Waals surface area contributed by atoms with Gasteiger partial charge in [0.15, 0.2) is 0 Å². The van der Waals surface area contributed by atoms with Crippen molar-refractivity contribution in [3.8, 4) is 5.75 Å². The minimum Gasteiger partial charge on any atom is -0.507 e. The quantitative estimate of drug-likeness (QED) is 0.325. The molecule has 3 rings (SSSR count). The van der Waals surface area contributed by atoms with E-state index in [1.54, 1.807) is 23.1 Å². The van der Waals surface area contributed by atoms with Crippen molar-refractivity contribution in [1.82, 2.24) is 9.80 Å². The van der Waals surface area contributed by atoms with Crippen LogP contribution in [0, 0.1) is 6.92 Å². The smallest absolute Gasteiger partial charge is 0.295 e. The van der Waals surface area contributed by atoms with E-state index in [4.69, 9.17) is 4.74 Å². The predicted octanol–water partition coefficient (Wildman–Crippen LogP) is 4.89. The second kappa shape index (κ2) is 10.9. The summed E-state index contributed by atoms with van der Waals surface area (Å²) < 4.78 is 5.75. The second-order valence-electron chi connectivity index (χ2n) is 9.45. The van der Waals surface area contributed by atoms with Gasteiger partial charge in [0, 0.05) is 18.7 Å². The van der Waals surface area contributed by atoms with Crippen molar-refractivity contribution in [2.75, 3.05) is 33.8 Å². The van der Waals surface area contributed by atoms with Gasteiger partial charge in [-0.1, -0.05) is 45.0 Å². The molecule has 1 atom stereocenters. The molecule has 1 aliphatic heterocycles. The van der Waals surface area contributed by atoms with Crippen LogP contribution in [-0.2, 0) is 9.59 Å². The van der Waals surface area contributed by atoms with E-state index in [1.165, 1.54) is 5.56 Å². The van der Waals surface area contributed by atoms with Crippen molar-refractivity contribution >= 4 is 17.4 Å². The van der Waals surface area contributed by atoms with Gasteiger partial charge in [-0.25, -0.2) is 0 Å². The average molecular weight is 465 g/mol. The molecule has 0 bridgehead atoms. The highest BCUT2D eigenvalue weighted by Crippen LogP contribution is 2.40. The summed E-state index contributed by atoms with van der Waals surface area (Å²) in [5, 5.41) is 11.3. The van der Waals surface area contributed by atoms with Gasteiger partial charge < -0.3 is 19.6 Å². The number of ketones is 1. The summed E-state index contributed by atoms with van der Waals surface area (Å²) in [5.74, 6) is -0.288. The zero-order valence-electron chi connectivity index (χ0n) is 21.1. The van der Waals surface area contributed by atoms with Crippen LogP contribution in [0.15, 0.2) is 48.0 Å². The first-order chi connectivity index (χ1) is 16.1. The molecule has 0 spiro atoms. The molecule has 0 radical (unpaired) electrons. The van der Waals surface area contributed by atoms with E-state index in [0.29, 0.717) is 31.2 Å². The predicted molar refractivity (Wildman–Crippen MR) is 135 cm³/mol. The third-order valence-corrected chi connectivity index (χ3v) is 6.16. The van der Waals surface area contributed by atoms with Crippen LogP contribution in [0.3, 0.4) is 0 Å². The van der Waals surface area contributed by atoms with E-state index in [0.717, 1.165) is 23.3 Å². The molecule has 1 unspecified atom stereocenters. The number of rotatable bonds is 9. The largest absolute Gasteiger partial charge is 0.507 e. The van der Waals surface area contributed by atoms with Gasteiger partial charge in [0.25, 0.3) is 11.7 Å². The van der Waals surface area contributed by atoms with Crippen molar-refractivity contribution in [2.24, 2.45) is 0 Å². The Morgan fingerprint density at radius 1 is 1.12 bits per heavy atom. The topological polar surface area (TPSA) is 70.1 Å². The van der Waals surface area contributed by atoms with Crippen LogP contribution in [0.2, 0.25) is 0 Å². The lowest BCUT2D eigenvalue weighted by Gasteiger charge is -2.27. The van der Waals surface area contributed by atoms with Gasteiger partial charge in [-0.05, 0) is 68.2 Å². The molecule has 2 aromatic rings.